The Balaban J connectivity index is 2.62. The lowest BCUT2D eigenvalue weighted by Crippen LogP contribution is -2.49. The molecule has 0 bridgehead atoms. The molecule has 1 rings (SSSR count). The largest absolute Gasteiger partial charge is 0.465 e. The lowest BCUT2D eigenvalue weighted by Gasteiger charge is -2.40. The molecule has 17 heavy (non-hydrogen) atoms. The molecule has 1 amide bonds. The summed E-state index contributed by atoms with van der Waals surface area (Å²) in [5.74, 6) is 0.811. The number of aliphatic hydroxyl groups excluding tert-OH is 1. The van der Waals surface area contributed by atoms with Crippen LogP contribution >= 0.6 is 0 Å². The second-order valence-corrected chi connectivity index (χ2v) is 6.26. The average molecular weight is 243 g/mol. The number of carboxylic acid groups (broad SMARTS) is 1. The van der Waals surface area contributed by atoms with Crippen LogP contribution in [0.3, 0.4) is 0 Å². The standard InChI is InChI=1S/C13H25NO3/c1-13(2,3)11(14-12(16)17)10-6-4-9(8-15)5-7-10/h9-11,14-15H,4-8H2,1-3H3,(H,16,17)/t9-,10-,11?. The van der Waals surface area contributed by atoms with Crippen molar-refractivity contribution >= 4 is 6.09 Å². The molecule has 3 N–H and O–H groups in total. The summed E-state index contributed by atoms with van der Waals surface area (Å²) < 4.78 is 0. The Kier molecular flexibility index (Phi) is 4.80. The van der Waals surface area contributed by atoms with Gasteiger partial charge in [0.25, 0.3) is 0 Å². The van der Waals surface area contributed by atoms with Crippen LogP contribution in [0.1, 0.15) is 46.5 Å². The van der Waals surface area contributed by atoms with E-state index in [4.69, 9.17) is 10.2 Å². The van der Waals surface area contributed by atoms with Gasteiger partial charge >= 0.3 is 6.09 Å². The number of carbonyl (C=O) groups is 1. The second kappa shape index (κ2) is 5.71. The van der Waals surface area contributed by atoms with Gasteiger partial charge in [-0.3, -0.25) is 0 Å². The van der Waals surface area contributed by atoms with Crippen molar-refractivity contribution < 1.29 is 15.0 Å². The monoisotopic (exact) mass is 243 g/mol. The van der Waals surface area contributed by atoms with Gasteiger partial charge in [-0.1, -0.05) is 20.8 Å². The topological polar surface area (TPSA) is 69.6 Å². The Morgan fingerprint density at radius 3 is 2.18 bits per heavy atom. The molecule has 100 valence electrons. The Morgan fingerprint density at radius 1 is 1.29 bits per heavy atom. The summed E-state index contributed by atoms with van der Waals surface area (Å²) in [7, 11) is 0. The molecule has 0 aromatic heterocycles. The minimum atomic E-state index is -0.936. The maximum absolute atomic E-state index is 10.9. The zero-order valence-electron chi connectivity index (χ0n) is 11.1. The number of amides is 1. The summed E-state index contributed by atoms with van der Waals surface area (Å²) in [5.41, 5.74) is -0.0604. The van der Waals surface area contributed by atoms with Crippen molar-refractivity contribution in [3.05, 3.63) is 0 Å². The highest BCUT2D eigenvalue weighted by Gasteiger charge is 2.35. The van der Waals surface area contributed by atoms with Gasteiger partial charge in [-0.25, -0.2) is 4.79 Å². The summed E-state index contributed by atoms with van der Waals surface area (Å²) in [6.45, 7) is 6.49. The highest BCUT2D eigenvalue weighted by molar-refractivity contribution is 5.65. The number of nitrogens with one attached hydrogen (secondary N) is 1. The van der Waals surface area contributed by atoms with Crippen LogP contribution in [0.25, 0.3) is 0 Å². The van der Waals surface area contributed by atoms with Crippen molar-refractivity contribution in [3.8, 4) is 0 Å². The molecule has 1 atom stereocenters. The molecule has 1 fully saturated rings. The SMILES string of the molecule is CC(C)(C)C(NC(=O)O)[C@H]1CC[C@H](CO)CC1. The molecule has 1 unspecified atom stereocenters. The van der Waals surface area contributed by atoms with Crippen LogP contribution in [0, 0.1) is 17.3 Å². The van der Waals surface area contributed by atoms with Crippen molar-refractivity contribution in [2.45, 2.75) is 52.5 Å². The summed E-state index contributed by atoms with van der Waals surface area (Å²) in [6, 6.07) is -0.000331. The molecule has 0 aromatic rings. The average Bonchev–Trinajstić information content (AvgIpc) is 2.24. The third-order valence-electron chi connectivity index (χ3n) is 3.83. The fourth-order valence-electron chi connectivity index (χ4n) is 2.88. The zero-order valence-corrected chi connectivity index (χ0v) is 11.1. The Labute approximate surface area is 103 Å². The van der Waals surface area contributed by atoms with Crippen LogP contribution in [0.15, 0.2) is 0 Å². The number of rotatable bonds is 3. The van der Waals surface area contributed by atoms with Crippen LogP contribution in [0.2, 0.25) is 0 Å². The lowest BCUT2D eigenvalue weighted by molar-refractivity contribution is 0.107. The molecule has 0 heterocycles. The van der Waals surface area contributed by atoms with Crippen LogP contribution in [0.5, 0.6) is 0 Å². The molecule has 1 saturated carbocycles. The first-order valence-electron chi connectivity index (χ1n) is 6.45. The molecule has 0 spiro atoms. The van der Waals surface area contributed by atoms with Gasteiger partial charge in [-0.05, 0) is 42.9 Å². The van der Waals surface area contributed by atoms with E-state index in [1.54, 1.807) is 0 Å². The molecule has 0 radical (unpaired) electrons. The van der Waals surface area contributed by atoms with E-state index in [-0.39, 0.29) is 18.1 Å². The van der Waals surface area contributed by atoms with Gasteiger partial charge in [0.2, 0.25) is 0 Å². The van der Waals surface area contributed by atoms with Gasteiger partial charge in [0, 0.05) is 12.6 Å². The number of aliphatic hydroxyl groups is 1. The van der Waals surface area contributed by atoms with Gasteiger partial charge in [-0.2, -0.15) is 0 Å². The van der Waals surface area contributed by atoms with E-state index in [1.165, 1.54) is 0 Å². The molecular formula is C13H25NO3. The van der Waals surface area contributed by atoms with Crippen LogP contribution in [-0.2, 0) is 0 Å². The number of hydrogen-bond acceptors (Lipinski definition) is 2. The van der Waals surface area contributed by atoms with E-state index >= 15 is 0 Å². The first-order valence-corrected chi connectivity index (χ1v) is 6.45. The molecule has 4 nitrogen and oxygen atoms in total. The van der Waals surface area contributed by atoms with E-state index < -0.39 is 6.09 Å². The van der Waals surface area contributed by atoms with Crippen molar-refractivity contribution in [3.63, 3.8) is 0 Å². The van der Waals surface area contributed by atoms with E-state index in [9.17, 15) is 4.79 Å². The van der Waals surface area contributed by atoms with Crippen molar-refractivity contribution in [2.24, 2.45) is 17.3 Å². The van der Waals surface area contributed by atoms with Gasteiger partial charge < -0.3 is 15.5 Å². The van der Waals surface area contributed by atoms with Gasteiger partial charge in [0.05, 0.1) is 0 Å². The van der Waals surface area contributed by atoms with E-state index in [2.05, 4.69) is 26.1 Å². The Morgan fingerprint density at radius 2 is 1.82 bits per heavy atom. The summed E-state index contributed by atoms with van der Waals surface area (Å²) in [6.07, 6.45) is 3.10. The number of hydrogen-bond donors (Lipinski definition) is 3. The predicted octanol–water partition coefficient (Wildman–Crippen LogP) is 2.47. The van der Waals surface area contributed by atoms with E-state index in [0.29, 0.717) is 11.8 Å². The van der Waals surface area contributed by atoms with Crippen molar-refractivity contribution in [2.75, 3.05) is 6.61 Å². The second-order valence-electron chi connectivity index (χ2n) is 6.26. The van der Waals surface area contributed by atoms with E-state index in [0.717, 1.165) is 25.7 Å². The molecule has 0 aliphatic heterocycles. The molecular weight excluding hydrogens is 218 g/mol. The predicted molar refractivity (Wildman–Crippen MR) is 66.9 cm³/mol. The van der Waals surface area contributed by atoms with Crippen LogP contribution in [-0.4, -0.2) is 29.0 Å². The normalized spacial score (nSPS) is 27.5. The van der Waals surface area contributed by atoms with Gasteiger partial charge in [0.1, 0.15) is 0 Å². The van der Waals surface area contributed by atoms with E-state index in [1.807, 2.05) is 0 Å². The fraction of sp³-hybridized carbons (Fsp3) is 0.923. The summed E-state index contributed by atoms with van der Waals surface area (Å²) >= 11 is 0. The summed E-state index contributed by atoms with van der Waals surface area (Å²) in [5, 5.41) is 20.7. The minimum Gasteiger partial charge on any atom is -0.465 e. The highest BCUT2D eigenvalue weighted by atomic mass is 16.4. The quantitative estimate of drug-likeness (QED) is 0.713. The fourth-order valence-corrected chi connectivity index (χ4v) is 2.88. The smallest absolute Gasteiger partial charge is 0.404 e. The lowest BCUT2D eigenvalue weighted by atomic mass is 9.71. The summed E-state index contributed by atoms with van der Waals surface area (Å²) in [4.78, 5) is 10.9. The Bertz CT molecular complexity index is 252. The van der Waals surface area contributed by atoms with Gasteiger partial charge in [0.15, 0.2) is 0 Å². The highest BCUT2D eigenvalue weighted by Crippen LogP contribution is 2.36. The molecule has 0 aromatic carbocycles. The maximum Gasteiger partial charge on any atom is 0.404 e. The molecule has 1 aliphatic rings. The van der Waals surface area contributed by atoms with Gasteiger partial charge in [-0.15, -0.1) is 0 Å². The molecule has 1 aliphatic carbocycles. The van der Waals surface area contributed by atoms with Crippen LogP contribution < -0.4 is 5.32 Å². The third kappa shape index (κ3) is 4.19. The zero-order chi connectivity index (χ0) is 13.1. The first-order chi connectivity index (χ1) is 7.84. The third-order valence-corrected chi connectivity index (χ3v) is 3.83. The van der Waals surface area contributed by atoms with Crippen molar-refractivity contribution in [1.29, 1.82) is 0 Å². The Hall–Kier alpha value is -0.770. The first kappa shape index (κ1) is 14.3. The molecule has 0 saturated heterocycles. The van der Waals surface area contributed by atoms with Crippen molar-refractivity contribution in [1.82, 2.24) is 5.32 Å². The maximum atomic E-state index is 10.9. The minimum absolute atomic E-state index is 0.000331. The molecule has 4 heteroatoms. The van der Waals surface area contributed by atoms with Crippen LogP contribution in [0.4, 0.5) is 4.79 Å².